The van der Waals surface area contributed by atoms with Crippen LogP contribution in [0.2, 0.25) is 0 Å². The van der Waals surface area contributed by atoms with Crippen LogP contribution >= 0.6 is 0 Å². The summed E-state index contributed by atoms with van der Waals surface area (Å²) in [6, 6.07) is 2.31. The zero-order valence-electron chi connectivity index (χ0n) is 12.1. The van der Waals surface area contributed by atoms with Crippen molar-refractivity contribution in [3.63, 3.8) is 0 Å². The molecule has 3 nitrogen and oxygen atoms in total. The van der Waals surface area contributed by atoms with Gasteiger partial charge in [0.25, 0.3) is 0 Å². The molecule has 0 spiro atoms. The van der Waals surface area contributed by atoms with Gasteiger partial charge in [0.05, 0.1) is 6.10 Å². The third kappa shape index (κ3) is 2.33. The van der Waals surface area contributed by atoms with Gasteiger partial charge in [-0.3, -0.25) is 4.90 Å². The molecule has 0 aromatic heterocycles. The summed E-state index contributed by atoms with van der Waals surface area (Å²) in [6.07, 6.45) is 7.20. The molecular formula is C15H28N2O. The monoisotopic (exact) mass is 252 g/mol. The summed E-state index contributed by atoms with van der Waals surface area (Å²) in [5.41, 5.74) is 0.330. The minimum Gasteiger partial charge on any atom is -0.381 e. The van der Waals surface area contributed by atoms with Crippen LogP contribution in [0.3, 0.4) is 0 Å². The van der Waals surface area contributed by atoms with Crippen LogP contribution in [0.25, 0.3) is 0 Å². The standard InChI is InChI=1S/C15H28N2O/c1-15(2)13(9-14(15)18-3)17-8-4-5-12(10-17)16-11-6-7-11/h11-14,16H,4-10H2,1-3H3. The molecule has 0 aromatic rings. The lowest BCUT2D eigenvalue weighted by molar-refractivity contribution is -0.142. The van der Waals surface area contributed by atoms with Crippen molar-refractivity contribution in [1.29, 1.82) is 0 Å². The van der Waals surface area contributed by atoms with Crippen LogP contribution in [0.1, 0.15) is 46.0 Å². The van der Waals surface area contributed by atoms with Crippen LogP contribution in [0.15, 0.2) is 0 Å². The number of rotatable bonds is 4. The van der Waals surface area contributed by atoms with E-state index < -0.39 is 0 Å². The highest BCUT2D eigenvalue weighted by Gasteiger charge is 2.51. The largest absolute Gasteiger partial charge is 0.381 e. The molecular weight excluding hydrogens is 224 g/mol. The van der Waals surface area contributed by atoms with Crippen LogP contribution in [0.5, 0.6) is 0 Å². The van der Waals surface area contributed by atoms with Crippen molar-refractivity contribution in [3.05, 3.63) is 0 Å². The van der Waals surface area contributed by atoms with E-state index in [1.54, 1.807) is 0 Å². The van der Waals surface area contributed by atoms with Crippen LogP contribution in [-0.2, 0) is 4.74 Å². The lowest BCUT2D eigenvalue weighted by Crippen LogP contribution is -2.64. The van der Waals surface area contributed by atoms with Crippen LogP contribution < -0.4 is 5.32 Å². The molecule has 2 aliphatic carbocycles. The zero-order chi connectivity index (χ0) is 12.8. The molecule has 3 aliphatic rings. The fraction of sp³-hybridized carbons (Fsp3) is 1.00. The quantitative estimate of drug-likeness (QED) is 0.828. The molecule has 0 radical (unpaired) electrons. The molecule has 3 heteroatoms. The van der Waals surface area contributed by atoms with E-state index in [1.807, 2.05) is 7.11 Å². The summed E-state index contributed by atoms with van der Waals surface area (Å²) >= 11 is 0. The fourth-order valence-electron chi connectivity index (χ4n) is 3.89. The minimum atomic E-state index is 0.330. The first-order chi connectivity index (χ1) is 8.61. The van der Waals surface area contributed by atoms with Crippen LogP contribution in [-0.4, -0.2) is 49.3 Å². The van der Waals surface area contributed by atoms with E-state index in [0.29, 0.717) is 11.5 Å². The second-order valence-electron chi connectivity index (χ2n) is 7.07. The van der Waals surface area contributed by atoms with Gasteiger partial charge < -0.3 is 10.1 Å². The smallest absolute Gasteiger partial charge is 0.0652 e. The Morgan fingerprint density at radius 2 is 1.94 bits per heavy atom. The molecule has 0 aromatic carbocycles. The van der Waals surface area contributed by atoms with Crippen LogP contribution in [0, 0.1) is 5.41 Å². The number of hydrogen-bond donors (Lipinski definition) is 1. The van der Waals surface area contributed by atoms with Crippen molar-refractivity contribution < 1.29 is 4.74 Å². The van der Waals surface area contributed by atoms with Gasteiger partial charge in [0, 0.05) is 37.2 Å². The van der Waals surface area contributed by atoms with Gasteiger partial charge in [-0.2, -0.15) is 0 Å². The van der Waals surface area contributed by atoms with Crippen molar-refractivity contribution >= 4 is 0 Å². The second kappa shape index (κ2) is 4.77. The average molecular weight is 252 g/mol. The van der Waals surface area contributed by atoms with E-state index in [9.17, 15) is 0 Å². The van der Waals surface area contributed by atoms with Gasteiger partial charge in [-0.1, -0.05) is 13.8 Å². The summed E-state index contributed by atoms with van der Waals surface area (Å²) in [5.74, 6) is 0. The average Bonchev–Trinajstić information content (AvgIpc) is 3.13. The van der Waals surface area contributed by atoms with E-state index in [2.05, 4.69) is 24.1 Å². The number of methoxy groups -OCH3 is 1. The molecule has 1 heterocycles. The third-order valence-corrected chi connectivity index (χ3v) is 5.35. The van der Waals surface area contributed by atoms with Crippen molar-refractivity contribution in [2.24, 2.45) is 5.41 Å². The lowest BCUT2D eigenvalue weighted by atomic mass is 9.63. The van der Waals surface area contributed by atoms with Gasteiger partial charge in [-0.25, -0.2) is 0 Å². The SMILES string of the molecule is COC1CC(N2CCCC(NC3CC3)C2)C1(C)C. The molecule has 3 atom stereocenters. The van der Waals surface area contributed by atoms with Gasteiger partial charge in [-0.15, -0.1) is 0 Å². The summed E-state index contributed by atoms with van der Waals surface area (Å²) in [4.78, 5) is 2.72. The molecule has 2 saturated carbocycles. The number of likely N-dealkylation sites (tertiary alicyclic amines) is 1. The Balaban J connectivity index is 1.55. The molecule has 1 N–H and O–H groups in total. The van der Waals surface area contributed by atoms with Gasteiger partial charge in [0.2, 0.25) is 0 Å². The van der Waals surface area contributed by atoms with E-state index in [-0.39, 0.29) is 0 Å². The van der Waals surface area contributed by atoms with E-state index in [1.165, 1.54) is 45.2 Å². The second-order valence-corrected chi connectivity index (χ2v) is 7.07. The van der Waals surface area contributed by atoms with Crippen molar-refractivity contribution in [3.8, 4) is 0 Å². The predicted octanol–water partition coefficient (Wildman–Crippen LogP) is 2.02. The Morgan fingerprint density at radius 3 is 2.56 bits per heavy atom. The minimum absolute atomic E-state index is 0.330. The van der Waals surface area contributed by atoms with Crippen molar-refractivity contribution in [2.75, 3.05) is 20.2 Å². The summed E-state index contributed by atoms with van der Waals surface area (Å²) in [6.45, 7) is 7.27. The Bertz CT molecular complexity index is 301. The normalized spacial score (nSPS) is 40.5. The molecule has 1 aliphatic heterocycles. The highest BCUT2D eigenvalue weighted by atomic mass is 16.5. The number of piperidine rings is 1. The van der Waals surface area contributed by atoms with Crippen molar-refractivity contribution in [2.45, 2.75) is 70.2 Å². The third-order valence-electron chi connectivity index (χ3n) is 5.35. The molecule has 1 saturated heterocycles. The molecule has 104 valence electrons. The Kier molecular flexibility index (Phi) is 3.41. The topological polar surface area (TPSA) is 24.5 Å². The maximum Gasteiger partial charge on any atom is 0.0652 e. The van der Waals surface area contributed by atoms with Gasteiger partial charge >= 0.3 is 0 Å². The summed E-state index contributed by atoms with van der Waals surface area (Å²) in [7, 11) is 1.86. The summed E-state index contributed by atoms with van der Waals surface area (Å²) < 4.78 is 5.58. The number of nitrogens with zero attached hydrogens (tertiary/aromatic N) is 1. The first-order valence-electron chi connectivity index (χ1n) is 7.64. The molecule has 3 rings (SSSR count). The molecule has 3 unspecified atom stereocenters. The Hall–Kier alpha value is -0.120. The van der Waals surface area contributed by atoms with Gasteiger partial charge in [0.15, 0.2) is 0 Å². The lowest BCUT2D eigenvalue weighted by Gasteiger charge is -2.57. The molecule has 0 amide bonds. The number of hydrogen-bond acceptors (Lipinski definition) is 3. The maximum atomic E-state index is 5.58. The van der Waals surface area contributed by atoms with E-state index >= 15 is 0 Å². The Morgan fingerprint density at radius 1 is 1.17 bits per heavy atom. The van der Waals surface area contributed by atoms with E-state index in [0.717, 1.165) is 18.1 Å². The Labute approximate surface area is 111 Å². The first kappa shape index (κ1) is 12.9. The fourth-order valence-corrected chi connectivity index (χ4v) is 3.89. The molecule has 18 heavy (non-hydrogen) atoms. The summed E-state index contributed by atoms with van der Waals surface area (Å²) in [5, 5.41) is 3.81. The van der Waals surface area contributed by atoms with Gasteiger partial charge in [-0.05, 0) is 38.6 Å². The highest BCUT2D eigenvalue weighted by Crippen LogP contribution is 2.46. The first-order valence-corrected chi connectivity index (χ1v) is 7.64. The maximum absolute atomic E-state index is 5.58. The van der Waals surface area contributed by atoms with Crippen LogP contribution in [0.4, 0.5) is 0 Å². The highest BCUT2D eigenvalue weighted by molar-refractivity contribution is 5.05. The predicted molar refractivity (Wildman–Crippen MR) is 73.7 cm³/mol. The molecule has 3 fully saturated rings. The van der Waals surface area contributed by atoms with Gasteiger partial charge in [0.1, 0.15) is 0 Å². The van der Waals surface area contributed by atoms with Crippen molar-refractivity contribution in [1.82, 2.24) is 10.2 Å². The zero-order valence-corrected chi connectivity index (χ0v) is 12.1. The number of nitrogens with one attached hydrogen (secondary N) is 1. The molecule has 0 bridgehead atoms. The van der Waals surface area contributed by atoms with E-state index in [4.69, 9.17) is 4.74 Å². The number of ether oxygens (including phenoxy) is 1.